The zero-order valence-electron chi connectivity index (χ0n) is 11.8. The van der Waals surface area contributed by atoms with Crippen LogP contribution in [0.25, 0.3) is 0 Å². The highest BCUT2D eigenvalue weighted by atomic mass is 79.9. The topological polar surface area (TPSA) is 55.6 Å². The first kappa shape index (κ1) is 14.1. The number of pyridine rings is 1. The second-order valence-electron chi connectivity index (χ2n) is 5.07. The quantitative estimate of drug-likeness (QED) is 0.853. The number of amides is 1. The molecule has 0 bridgehead atoms. The molecule has 110 valence electrons. The number of aromatic nitrogens is 1. The molecule has 21 heavy (non-hydrogen) atoms. The number of carbonyl (C=O) groups excluding carboxylic acids is 1. The van der Waals surface area contributed by atoms with Crippen molar-refractivity contribution in [2.75, 3.05) is 13.1 Å². The number of likely N-dealkylation sites (tertiary alicyclic amines) is 1. The van der Waals surface area contributed by atoms with Gasteiger partial charge in [0.25, 0.3) is 5.91 Å². The fourth-order valence-corrected chi connectivity index (χ4v) is 2.66. The zero-order valence-corrected chi connectivity index (χ0v) is 13.4. The van der Waals surface area contributed by atoms with Gasteiger partial charge in [-0.15, -0.1) is 0 Å². The third kappa shape index (κ3) is 2.81. The number of ether oxygens (including phenoxy) is 1. The van der Waals surface area contributed by atoms with Gasteiger partial charge in [-0.05, 0) is 48.0 Å². The molecule has 0 atom stereocenters. The minimum atomic E-state index is -0.0199. The molecule has 6 heteroatoms. The van der Waals surface area contributed by atoms with Gasteiger partial charge in [0.15, 0.2) is 0 Å². The van der Waals surface area contributed by atoms with E-state index in [-0.39, 0.29) is 12.0 Å². The van der Waals surface area contributed by atoms with Crippen LogP contribution in [0.3, 0.4) is 0 Å². The van der Waals surface area contributed by atoms with Crippen molar-refractivity contribution in [2.24, 2.45) is 0 Å². The number of rotatable bonds is 3. The van der Waals surface area contributed by atoms with E-state index in [0.717, 1.165) is 10.2 Å². The van der Waals surface area contributed by atoms with Crippen molar-refractivity contribution in [2.45, 2.75) is 20.0 Å². The molecular formula is C15H15BrN2O3. The summed E-state index contributed by atoms with van der Waals surface area (Å²) < 4.78 is 12.0. The minimum absolute atomic E-state index is 0.00992. The van der Waals surface area contributed by atoms with Crippen LogP contribution in [0.5, 0.6) is 5.88 Å². The molecule has 5 nitrogen and oxygen atoms in total. The molecule has 0 aliphatic carbocycles. The van der Waals surface area contributed by atoms with Gasteiger partial charge in [0.2, 0.25) is 5.88 Å². The molecule has 0 unspecified atom stereocenters. The molecule has 0 aromatic carbocycles. The van der Waals surface area contributed by atoms with Gasteiger partial charge in [-0.3, -0.25) is 4.79 Å². The van der Waals surface area contributed by atoms with Gasteiger partial charge in [-0.25, -0.2) is 4.98 Å². The monoisotopic (exact) mass is 350 g/mol. The molecule has 0 N–H and O–H groups in total. The molecule has 2 aromatic heterocycles. The maximum Gasteiger partial charge on any atom is 0.257 e. The first-order valence-electron chi connectivity index (χ1n) is 6.68. The summed E-state index contributed by atoms with van der Waals surface area (Å²) in [4.78, 5) is 18.2. The van der Waals surface area contributed by atoms with Gasteiger partial charge in [-0.1, -0.05) is 0 Å². The molecule has 1 aliphatic heterocycles. The summed E-state index contributed by atoms with van der Waals surface area (Å²) in [6.45, 7) is 4.76. The third-order valence-corrected chi connectivity index (χ3v) is 4.01. The summed E-state index contributed by atoms with van der Waals surface area (Å²) in [6, 6.07) is 5.49. The van der Waals surface area contributed by atoms with E-state index in [0.29, 0.717) is 30.3 Å². The summed E-state index contributed by atoms with van der Waals surface area (Å²) in [5, 5.41) is 0. The molecule has 1 aliphatic rings. The number of aryl methyl sites for hydroxylation is 2. The Kier molecular flexibility index (Phi) is 3.71. The largest absolute Gasteiger partial charge is 0.470 e. The van der Waals surface area contributed by atoms with Crippen LogP contribution in [0.15, 0.2) is 33.3 Å². The maximum absolute atomic E-state index is 12.3. The van der Waals surface area contributed by atoms with Crippen LogP contribution < -0.4 is 4.74 Å². The molecule has 1 fully saturated rings. The lowest BCUT2D eigenvalue weighted by Gasteiger charge is -2.38. The minimum Gasteiger partial charge on any atom is -0.470 e. The van der Waals surface area contributed by atoms with Crippen molar-refractivity contribution in [1.82, 2.24) is 9.88 Å². The Morgan fingerprint density at radius 3 is 2.86 bits per heavy atom. The number of carbonyl (C=O) groups is 1. The van der Waals surface area contributed by atoms with Crippen molar-refractivity contribution in [1.29, 1.82) is 0 Å². The lowest BCUT2D eigenvalue weighted by Crippen LogP contribution is -2.56. The van der Waals surface area contributed by atoms with Crippen LogP contribution in [-0.2, 0) is 0 Å². The van der Waals surface area contributed by atoms with Crippen LogP contribution in [-0.4, -0.2) is 35.0 Å². The fourth-order valence-electron chi connectivity index (χ4n) is 2.31. The molecule has 2 aromatic rings. The Morgan fingerprint density at radius 2 is 2.24 bits per heavy atom. The Balaban J connectivity index is 1.60. The highest BCUT2D eigenvalue weighted by molar-refractivity contribution is 9.10. The highest BCUT2D eigenvalue weighted by Gasteiger charge is 2.34. The first-order chi connectivity index (χ1) is 10.0. The Morgan fingerprint density at radius 1 is 1.48 bits per heavy atom. The van der Waals surface area contributed by atoms with E-state index in [1.54, 1.807) is 24.1 Å². The lowest BCUT2D eigenvalue weighted by atomic mass is 10.1. The summed E-state index contributed by atoms with van der Waals surface area (Å²) in [7, 11) is 0. The number of furan rings is 1. The molecule has 0 radical (unpaired) electrons. The first-order valence-corrected chi connectivity index (χ1v) is 7.47. The van der Waals surface area contributed by atoms with Gasteiger partial charge in [-0.2, -0.15) is 0 Å². The lowest BCUT2D eigenvalue weighted by molar-refractivity contribution is 0.0155. The molecule has 3 rings (SSSR count). The number of halogens is 1. The summed E-state index contributed by atoms with van der Waals surface area (Å²) in [6.07, 6.45) is 1.66. The van der Waals surface area contributed by atoms with Gasteiger partial charge < -0.3 is 14.1 Å². The Bertz CT molecular complexity index is 677. The number of hydrogen-bond donors (Lipinski definition) is 0. The molecule has 1 saturated heterocycles. The summed E-state index contributed by atoms with van der Waals surface area (Å²) >= 11 is 3.39. The van der Waals surface area contributed by atoms with Gasteiger partial charge in [0.05, 0.1) is 23.1 Å². The van der Waals surface area contributed by atoms with E-state index in [1.807, 2.05) is 19.1 Å². The predicted octanol–water partition coefficient (Wildman–Crippen LogP) is 2.96. The van der Waals surface area contributed by atoms with E-state index in [1.165, 1.54) is 0 Å². The highest BCUT2D eigenvalue weighted by Crippen LogP contribution is 2.26. The second kappa shape index (κ2) is 5.52. The summed E-state index contributed by atoms with van der Waals surface area (Å²) in [5.74, 6) is 1.96. The molecule has 1 amide bonds. The van der Waals surface area contributed by atoms with E-state index in [4.69, 9.17) is 9.15 Å². The normalized spacial score (nSPS) is 14.9. The van der Waals surface area contributed by atoms with E-state index in [2.05, 4.69) is 20.9 Å². The average molecular weight is 351 g/mol. The van der Waals surface area contributed by atoms with Gasteiger partial charge in [0.1, 0.15) is 17.6 Å². The predicted molar refractivity (Wildman–Crippen MR) is 80.4 cm³/mol. The zero-order chi connectivity index (χ0) is 15.0. The molecule has 0 spiro atoms. The Labute approximate surface area is 131 Å². The maximum atomic E-state index is 12.3. The molecule has 0 saturated carbocycles. The van der Waals surface area contributed by atoms with Crippen LogP contribution >= 0.6 is 15.9 Å². The van der Waals surface area contributed by atoms with E-state index in [9.17, 15) is 4.79 Å². The number of hydrogen-bond acceptors (Lipinski definition) is 4. The third-order valence-electron chi connectivity index (χ3n) is 3.41. The standard InChI is InChI=1S/C15H15BrN2O3/c1-9-6-12(10(2)20-9)15(19)18-7-11(8-18)21-14-13(16)4-3-5-17-14/h3-6,11H,7-8H2,1-2H3. The van der Waals surface area contributed by atoms with E-state index >= 15 is 0 Å². The fraction of sp³-hybridized carbons (Fsp3) is 0.333. The van der Waals surface area contributed by atoms with Crippen LogP contribution in [0.1, 0.15) is 21.9 Å². The SMILES string of the molecule is Cc1cc(C(=O)N2CC(Oc3ncccc3Br)C2)c(C)o1. The van der Waals surface area contributed by atoms with Gasteiger partial charge >= 0.3 is 0 Å². The van der Waals surface area contributed by atoms with Crippen LogP contribution in [0.2, 0.25) is 0 Å². The number of nitrogens with zero attached hydrogens (tertiary/aromatic N) is 2. The van der Waals surface area contributed by atoms with Crippen molar-refractivity contribution >= 4 is 21.8 Å². The smallest absolute Gasteiger partial charge is 0.257 e. The van der Waals surface area contributed by atoms with Crippen LogP contribution in [0.4, 0.5) is 0 Å². The molecular weight excluding hydrogens is 336 g/mol. The molecule has 3 heterocycles. The van der Waals surface area contributed by atoms with Crippen molar-refractivity contribution in [3.05, 3.63) is 46.0 Å². The van der Waals surface area contributed by atoms with Crippen molar-refractivity contribution in [3.8, 4) is 5.88 Å². The van der Waals surface area contributed by atoms with Gasteiger partial charge in [0, 0.05) is 6.20 Å². The average Bonchev–Trinajstić information content (AvgIpc) is 2.74. The van der Waals surface area contributed by atoms with Crippen molar-refractivity contribution < 1.29 is 13.9 Å². The van der Waals surface area contributed by atoms with E-state index < -0.39 is 0 Å². The van der Waals surface area contributed by atoms with Crippen LogP contribution in [0, 0.1) is 13.8 Å². The second-order valence-corrected chi connectivity index (χ2v) is 5.92. The summed E-state index contributed by atoms with van der Waals surface area (Å²) in [5.41, 5.74) is 0.630. The Hall–Kier alpha value is -1.82. The van der Waals surface area contributed by atoms with Crippen molar-refractivity contribution in [3.63, 3.8) is 0 Å².